The summed E-state index contributed by atoms with van der Waals surface area (Å²) in [6.45, 7) is 2.41. The zero-order valence-corrected chi connectivity index (χ0v) is 18.3. The number of hydrogen-bond donors (Lipinski definition) is 3. The Morgan fingerprint density at radius 3 is 2.82 bits per heavy atom. The van der Waals surface area contributed by atoms with Crippen molar-refractivity contribution in [3.63, 3.8) is 0 Å². The number of carbonyl (C=O) groups is 1. The van der Waals surface area contributed by atoms with Crippen LogP contribution in [0.25, 0.3) is 22.3 Å². The lowest BCUT2D eigenvalue weighted by Crippen LogP contribution is -2.44. The van der Waals surface area contributed by atoms with E-state index in [0.717, 1.165) is 28.5 Å². The first-order valence-electron chi connectivity index (χ1n) is 11.0. The summed E-state index contributed by atoms with van der Waals surface area (Å²) in [6, 6.07) is 9.59. The summed E-state index contributed by atoms with van der Waals surface area (Å²) < 4.78 is 6.81. The van der Waals surface area contributed by atoms with E-state index in [1.54, 1.807) is 17.6 Å². The second kappa shape index (κ2) is 7.70. The number of benzene rings is 1. The summed E-state index contributed by atoms with van der Waals surface area (Å²) in [5, 5.41) is 12.1. The summed E-state index contributed by atoms with van der Waals surface area (Å²) >= 11 is 0. The Labute approximate surface area is 189 Å². The van der Waals surface area contributed by atoms with Gasteiger partial charge in [0, 0.05) is 23.1 Å². The third kappa shape index (κ3) is 3.19. The van der Waals surface area contributed by atoms with Gasteiger partial charge in [0.2, 0.25) is 0 Å². The highest BCUT2D eigenvalue weighted by atomic mass is 16.6. The molecule has 3 aromatic rings. The number of aryl methyl sites for hydroxylation is 1. The predicted molar refractivity (Wildman–Crippen MR) is 124 cm³/mol. The molecule has 5 N–H and O–H groups in total. The van der Waals surface area contributed by atoms with Gasteiger partial charge in [0.25, 0.3) is 5.56 Å². The number of aromatic nitrogens is 2. The Balaban J connectivity index is 1.69. The van der Waals surface area contributed by atoms with Crippen molar-refractivity contribution in [1.82, 2.24) is 9.55 Å². The predicted octanol–water partition coefficient (Wildman–Crippen LogP) is 1.29. The lowest BCUT2D eigenvalue weighted by molar-refractivity contribution is -0.172. The van der Waals surface area contributed by atoms with E-state index >= 15 is 0 Å². The molecule has 0 fully saturated rings. The van der Waals surface area contributed by atoms with Crippen molar-refractivity contribution in [2.24, 2.45) is 16.5 Å². The normalized spacial score (nSPS) is 18.4. The number of esters is 1. The zero-order chi connectivity index (χ0) is 23.3. The van der Waals surface area contributed by atoms with Gasteiger partial charge in [0.1, 0.15) is 6.61 Å². The van der Waals surface area contributed by atoms with E-state index in [1.807, 2.05) is 24.3 Å². The lowest BCUT2D eigenvalue weighted by Gasteiger charge is -2.31. The number of ether oxygens (including phenoxy) is 1. The quantitative estimate of drug-likeness (QED) is 0.181. The van der Waals surface area contributed by atoms with Gasteiger partial charge in [-0.1, -0.05) is 25.1 Å². The van der Waals surface area contributed by atoms with E-state index in [1.165, 1.54) is 0 Å². The summed E-state index contributed by atoms with van der Waals surface area (Å²) in [7, 11) is 0. The highest BCUT2D eigenvalue weighted by molar-refractivity contribution is 5.89. The smallest absolute Gasteiger partial charge is 0.343 e. The van der Waals surface area contributed by atoms with Crippen LogP contribution in [0.2, 0.25) is 0 Å². The standard InChI is InChI=1S/C24H25N5O4/c1-2-24(32)17-10-19-20-15(11-29(19)21(30)16(17)12-33-22(24)31)13(7-5-9-27-23(25)26)14-6-3-4-8-18(14)28-20/h3-4,6,8,10,32H,2,5,7,9,11-12H2,1H3,(H4,25,26,27)/t24-/m0/s1. The summed E-state index contributed by atoms with van der Waals surface area (Å²) in [5.74, 6) is -0.670. The number of pyridine rings is 2. The third-order valence-electron chi connectivity index (χ3n) is 6.59. The molecule has 0 spiro atoms. The number of para-hydroxylation sites is 1. The minimum absolute atomic E-state index is 0.0598. The van der Waals surface area contributed by atoms with Crippen molar-refractivity contribution >= 4 is 22.8 Å². The van der Waals surface area contributed by atoms with Crippen molar-refractivity contribution in [3.8, 4) is 11.4 Å². The molecule has 2 aromatic heterocycles. The number of nitrogens with zero attached hydrogens (tertiary/aromatic N) is 3. The molecule has 4 heterocycles. The average Bonchev–Trinajstić information content (AvgIpc) is 3.17. The van der Waals surface area contributed by atoms with Crippen LogP contribution in [0.5, 0.6) is 0 Å². The topological polar surface area (TPSA) is 146 Å². The van der Waals surface area contributed by atoms with Crippen LogP contribution in [-0.2, 0) is 34.7 Å². The molecule has 2 aliphatic rings. The van der Waals surface area contributed by atoms with Gasteiger partial charge < -0.3 is 25.9 Å². The Kier molecular flexibility index (Phi) is 4.93. The summed E-state index contributed by atoms with van der Waals surface area (Å²) in [4.78, 5) is 34.7. The highest BCUT2D eigenvalue weighted by Crippen LogP contribution is 2.40. The Bertz CT molecular complexity index is 1390. The van der Waals surface area contributed by atoms with Crippen molar-refractivity contribution in [2.45, 2.75) is 44.9 Å². The third-order valence-corrected chi connectivity index (χ3v) is 6.59. The van der Waals surface area contributed by atoms with E-state index in [9.17, 15) is 14.7 Å². The van der Waals surface area contributed by atoms with Crippen LogP contribution in [0.4, 0.5) is 0 Å². The monoisotopic (exact) mass is 447 g/mol. The molecule has 9 heteroatoms. The minimum atomic E-state index is -1.84. The molecule has 2 aliphatic heterocycles. The molecule has 0 radical (unpaired) electrons. The van der Waals surface area contributed by atoms with Gasteiger partial charge >= 0.3 is 5.97 Å². The Morgan fingerprint density at radius 1 is 1.27 bits per heavy atom. The fourth-order valence-corrected chi connectivity index (χ4v) is 4.86. The first-order chi connectivity index (χ1) is 15.8. The zero-order valence-electron chi connectivity index (χ0n) is 18.3. The second-order valence-electron chi connectivity index (χ2n) is 8.45. The number of carbonyl (C=O) groups excluding carboxylic acids is 1. The van der Waals surface area contributed by atoms with Crippen LogP contribution in [-0.4, -0.2) is 33.1 Å². The minimum Gasteiger partial charge on any atom is -0.458 e. The summed E-state index contributed by atoms with van der Waals surface area (Å²) in [6.07, 6.45) is 1.55. The van der Waals surface area contributed by atoms with Crippen LogP contribution in [0.15, 0.2) is 40.1 Å². The lowest BCUT2D eigenvalue weighted by atomic mass is 9.86. The number of nitrogens with two attached hydrogens (primary N) is 2. The van der Waals surface area contributed by atoms with Crippen LogP contribution >= 0.6 is 0 Å². The van der Waals surface area contributed by atoms with Crippen molar-refractivity contribution < 1.29 is 14.6 Å². The maximum absolute atomic E-state index is 13.4. The molecular formula is C24H25N5O4. The molecule has 0 amide bonds. The van der Waals surface area contributed by atoms with E-state index in [2.05, 4.69) is 4.99 Å². The molecule has 0 saturated carbocycles. The molecule has 0 unspecified atom stereocenters. The van der Waals surface area contributed by atoms with E-state index in [4.69, 9.17) is 21.2 Å². The van der Waals surface area contributed by atoms with E-state index in [0.29, 0.717) is 42.0 Å². The second-order valence-corrected chi connectivity index (χ2v) is 8.45. The van der Waals surface area contributed by atoms with Gasteiger partial charge in [0.15, 0.2) is 11.6 Å². The van der Waals surface area contributed by atoms with Gasteiger partial charge in [-0.3, -0.25) is 9.79 Å². The SMILES string of the molecule is CC[C@@]1(O)C(=O)OCc2c1cc1n(c2=O)Cc2c-1nc1ccccc1c2CCCN=C(N)N. The van der Waals surface area contributed by atoms with Gasteiger partial charge in [-0.2, -0.15) is 0 Å². The first-order valence-corrected chi connectivity index (χ1v) is 11.0. The van der Waals surface area contributed by atoms with Crippen LogP contribution in [0.3, 0.4) is 0 Å². The maximum Gasteiger partial charge on any atom is 0.343 e. The Hall–Kier alpha value is -3.72. The number of rotatable bonds is 5. The van der Waals surface area contributed by atoms with Crippen molar-refractivity contribution in [2.75, 3.05) is 6.54 Å². The van der Waals surface area contributed by atoms with Crippen molar-refractivity contribution in [3.05, 3.63) is 62.9 Å². The van der Waals surface area contributed by atoms with Crippen molar-refractivity contribution in [1.29, 1.82) is 0 Å². The first kappa shape index (κ1) is 21.1. The maximum atomic E-state index is 13.4. The molecule has 0 saturated heterocycles. The fraction of sp³-hybridized carbons (Fsp3) is 0.333. The average molecular weight is 447 g/mol. The summed E-state index contributed by atoms with van der Waals surface area (Å²) in [5.41, 5.74) is 13.6. The number of fused-ring (bicyclic) bond motifs is 5. The van der Waals surface area contributed by atoms with Crippen LogP contribution in [0, 0.1) is 0 Å². The van der Waals surface area contributed by atoms with Crippen LogP contribution in [0.1, 0.15) is 42.0 Å². The van der Waals surface area contributed by atoms with Crippen LogP contribution < -0.4 is 17.0 Å². The molecular weight excluding hydrogens is 422 g/mol. The van der Waals surface area contributed by atoms with Gasteiger partial charge in [0.05, 0.1) is 29.0 Å². The fourth-order valence-electron chi connectivity index (χ4n) is 4.86. The Morgan fingerprint density at radius 2 is 2.06 bits per heavy atom. The molecule has 0 aliphatic carbocycles. The largest absolute Gasteiger partial charge is 0.458 e. The highest BCUT2D eigenvalue weighted by Gasteiger charge is 2.45. The number of cyclic esters (lactones) is 1. The molecule has 33 heavy (non-hydrogen) atoms. The molecule has 9 nitrogen and oxygen atoms in total. The number of hydrogen-bond acceptors (Lipinski definition) is 6. The number of guanidine groups is 1. The van der Waals surface area contributed by atoms with Gasteiger partial charge in [-0.25, -0.2) is 9.78 Å². The number of aliphatic imine (C=N–C) groups is 1. The number of aliphatic hydroxyl groups is 1. The van der Waals surface area contributed by atoms with E-state index < -0.39 is 11.6 Å². The molecule has 5 rings (SSSR count). The van der Waals surface area contributed by atoms with E-state index in [-0.39, 0.29) is 24.5 Å². The molecule has 170 valence electrons. The molecule has 1 aromatic carbocycles. The molecule has 0 bridgehead atoms. The van der Waals surface area contributed by atoms with Gasteiger partial charge in [-0.05, 0) is 37.0 Å². The molecule has 1 atom stereocenters. The van der Waals surface area contributed by atoms with Gasteiger partial charge in [-0.15, -0.1) is 0 Å².